The van der Waals surface area contributed by atoms with Crippen LogP contribution < -0.4 is 10.1 Å². The zero-order valence-corrected chi connectivity index (χ0v) is 12.3. The molecule has 3 nitrogen and oxygen atoms in total. The molecule has 0 aliphatic carbocycles. The molecule has 0 amide bonds. The van der Waals surface area contributed by atoms with Crippen molar-refractivity contribution >= 4 is 11.0 Å². The highest BCUT2D eigenvalue weighted by Gasteiger charge is 2.16. The molecule has 106 valence electrons. The van der Waals surface area contributed by atoms with Crippen molar-refractivity contribution in [3.63, 3.8) is 0 Å². The van der Waals surface area contributed by atoms with E-state index in [0.717, 1.165) is 35.3 Å². The molecular weight excluding hydrogens is 250 g/mol. The summed E-state index contributed by atoms with van der Waals surface area (Å²) in [6.07, 6.45) is 7.11. The van der Waals surface area contributed by atoms with Crippen molar-refractivity contribution in [2.75, 3.05) is 7.11 Å². The van der Waals surface area contributed by atoms with Crippen molar-refractivity contribution in [1.29, 1.82) is 0 Å². The number of hydrogen-bond acceptors (Lipinski definition) is 3. The molecule has 2 rings (SSSR count). The molecule has 0 aliphatic heterocycles. The number of hydrogen-bond donors (Lipinski definition) is 1. The molecule has 1 aromatic carbocycles. The van der Waals surface area contributed by atoms with Gasteiger partial charge < -0.3 is 14.5 Å². The molecule has 2 atom stereocenters. The van der Waals surface area contributed by atoms with Crippen LogP contribution in [-0.2, 0) is 0 Å². The monoisotopic (exact) mass is 271 g/mol. The number of para-hydroxylation sites is 1. The third-order valence-electron chi connectivity index (χ3n) is 3.52. The molecular formula is C17H21NO2. The van der Waals surface area contributed by atoms with Gasteiger partial charge in [0.25, 0.3) is 0 Å². The normalized spacial score (nSPS) is 13.9. The number of rotatable bonds is 6. The van der Waals surface area contributed by atoms with Crippen molar-refractivity contribution < 1.29 is 9.15 Å². The fourth-order valence-electron chi connectivity index (χ4n) is 2.33. The van der Waals surface area contributed by atoms with Gasteiger partial charge in [-0.1, -0.05) is 19.1 Å². The number of benzene rings is 1. The summed E-state index contributed by atoms with van der Waals surface area (Å²) in [5, 5.41) is 4.56. The Balaban J connectivity index is 2.22. The number of fused-ring (bicyclic) bond motifs is 1. The van der Waals surface area contributed by atoms with Crippen LogP contribution in [0.25, 0.3) is 11.0 Å². The van der Waals surface area contributed by atoms with Gasteiger partial charge >= 0.3 is 0 Å². The van der Waals surface area contributed by atoms with Crippen molar-refractivity contribution in [2.45, 2.75) is 38.8 Å². The maximum atomic E-state index is 5.94. The van der Waals surface area contributed by atoms with Crippen LogP contribution in [0.1, 0.15) is 38.5 Å². The number of nitrogens with one attached hydrogen (secondary N) is 1. The minimum Gasteiger partial charge on any atom is -0.493 e. The molecule has 1 heterocycles. The van der Waals surface area contributed by atoms with Gasteiger partial charge in [0.1, 0.15) is 5.76 Å². The fraction of sp³-hybridized carbons (Fsp3) is 0.412. The molecule has 0 radical (unpaired) electrons. The Morgan fingerprint density at radius 2 is 2.25 bits per heavy atom. The smallest absolute Gasteiger partial charge is 0.176 e. The number of methoxy groups -OCH3 is 1. The summed E-state index contributed by atoms with van der Waals surface area (Å²) in [7, 11) is 1.65. The van der Waals surface area contributed by atoms with E-state index in [-0.39, 0.29) is 6.04 Å². The van der Waals surface area contributed by atoms with E-state index in [1.54, 1.807) is 7.11 Å². The molecule has 20 heavy (non-hydrogen) atoms. The largest absolute Gasteiger partial charge is 0.493 e. The second-order valence-electron chi connectivity index (χ2n) is 4.93. The molecule has 0 saturated carbocycles. The zero-order chi connectivity index (χ0) is 14.5. The minimum atomic E-state index is 0.116. The Kier molecular flexibility index (Phi) is 4.70. The first-order valence-electron chi connectivity index (χ1n) is 6.95. The second kappa shape index (κ2) is 6.49. The van der Waals surface area contributed by atoms with Crippen molar-refractivity contribution in [1.82, 2.24) is 5.32 Å². The summed E-state index contributed by atoms with van der Waals surface area (Å²) in [6.45, 7) is 4.22. The third-order valence-corrected chi connectivity index (χ3v) is 3.52. The first-order chi connectivity index (χ1) is 9.69. The average Bonchev–Trinajstić information content (AvgIpc) is 2.90. The summed E-state index contributed by atoms with van der Waals surface area (Å²) in [4.78, 5) is 0. The van der Waals surface area contributed by atoms with Gasteiger partial charge in [0.05, 0.1) is 13.2 Å². The van der Waals surface area contributed by atoms with Gasteiger partial charge in [0.15, 0.2) is 11.3 Å². The Hall–Kier alpha value is -1.92. The van der Waals surface area contributed by atoms with E-state index in [4.69, 9.17) is 15.6 Å². The quantitative estimate of drug-likeness (QED) is 0.809. The van der Waals surface area contributed by atoms with Gasteiger partial charge in [0.2, 0.25) is 0 Å². The molecule has 2 unspecified atom stereocenters. The lowest BCUT2D eigenvalue weighted by Gasteiger charge is -2.18. The SMILES string of the molecule is C#CCC(CC)NC(C)c1cc2cccc(OC)c2o1. The standard InChI is InChI=1S/C17H21NO2/c1-5-8-14(6-2)18-12(3)16-11-13-9-7-10-15(19-4)17(13)20-16/h1,7,9-12,14,18H,6,8H2,2-4H3. The van der Waals surface area contributed by atoms with Crippen molar-refractivity contribution in [3.8, 4) is 18.1 Å². The van der Waals surface area contributed by atoms with E-state index < -0.39 is 0 Å². The van der Waals surface area contributed by atoms with E-state index in [1.165, 1.54) is 0 Å². The summed E-state index contributed by atoms with van der Waals surface area (Å²) >= 11 is 0. The number of ether oxygens (including phenoxy) is 1. The molecule has 0 aliphatic rings. The highest BCUT2D eigenvalue weighted by molar-refractivity contribution is 5.83. The summed E-state index contributed by atoms with van der Waals surface area (Å²) in [5.74, 6) is 4.37. The van der Waals surface area contributed by atoms with E-state index in [9.17, 15) is 0 Å². The average molecular weight is 271 g/mol. The maximum Gasteiger partial charge on any atom is 0.176 e. The van der Waals surface area contributed by atoms with Crippen LogP contribution in [0.5, 0.6) is 5.75 Å². The number of terminal acetylenes is 1. The fourth-order valence-corrected chi connectivity index (χ4v) is 2.33. The molecule has 1 N–H and O–H groups in total. The van der Waals surface area contributed by atoms with E-state index in [2.05, 4.69) is 31.2 Å². The lowest BCUT2D eigenvalue weighted by molar-refractivity contribution is 0.381. The molecule has 0 saturated heterocycles. The summed E-state index contributed by atoms with van der Waals surface area (Å²) in [5.41, 5.74) is 0.795. The zero-order valence-electron chi connectivity index (χ0n) is 12.3. The molecule has 2 aromatic rings. The van der Waals surface area contributed by atoms with E-state index in [0.29, 0.717) is 6.04 Å². The number of furan rings is 1. The van der Waals surface area contributed by atoms with Crippen molar-refractivity contribution in [2.24, 2.45) is 0 Å². The van der Waals surface area contributed by atoms with E-state index in [1.807, 2.05) is 18.2 Å². The van der Waals surface area contributed by atoms with Gasteiger partial charge in [-0.2, -0.15) is 0 Å². The Bertz CT molecular complexity index is 609. The molecule has 3 heteroatoms. The lowest BCUT2D eigenvalue weighted by Crippen LogP contribution is -2.30. The topological polar surface area (TPSA) is 34.4 Å². The molecule has 1 aromatic heterocycles. The first-order valence-corrected chi connectivity index (χ1v) is 6.95. The van der Waals surface area contributed by atoms with E-state index >= 15 is 0 Å². The van der Waals surface area contributed by atoms with Crippen LogP contribution >= 0.6 is 0 Å². The van der Waals surface area contributed by atoms with Gasteiger partial charge in [0, 0.05) is 17.8 Å². The van der Waals surface area contributed by atoms with Gasteiger partial charge in [-0.3, -0.25) is 0 Å². The Morgan fingerprint density at radius 3 is 2.90 bits per heavy atom. The highest BCUT2D eigenvalue weighted by Crippen LogP contribution is 2.31. The highest BCUT2D eigenvalue weighted by atomic mass is 16.5. The van der Waals surface area contributed by atoms with Crippen LogP contribution in [0.4, 0.5) is 0 Å². The summed E-state index contributed by atoms with van der Waals surface area (Å²) < 4.78 is 11.3. The minimum absolute atomic E-state index is 0.116. The molecule has 0 fully saturated rings. The van der Waals surface area contributed by atoms with Gasteiger partial charge in [-0.05, 0) is 25.5 Å². The van der Waals surface area contributed by atoms with Crippen LogP contribution in [0.2, 0.25) is 0 Å². The van der Waals surface area contributed by atoms with Crippen LogP contribution in [0, 0.1) is 12.3 Å². The van der Waals surface area contributed by atoms with Crippen LogP contribution in [0.15, 0.2) is 28.7 Å². The molecule has 0 spiro atoms. The van der Waals surface area contributed by atoms with Gasteiger partial charge in [-0.15, -0.1) is 12.3 Å². The first kappa shape index (κ1) is 14.5. The predicted molar refractivity (Wildman–Crippen MR) is 81.8 cm³/mol. The summed E-state index contributed by atoms with van der Waals surface area (Å²) in [6, 6.07) is 8.37. The Morgan fingerprint density at radius 1 is 1.45 bits per heavy atom. The van der Waals surface area contributed by atoms with Gasteiger partial charge in [-0.25, -0.2) is 0 Å². The lowest BCUT2D eigenvalue weighted by atomic mass is 10.1. The Labute approximate surface area is 120 Å². The van der Waals surface area contributed by atoms with Crippen molar-refractivity contribution in [3.05, 3.63) is 30.0 Å². The predicted octanol–water partition coefficient (Wildman–Crippen LogP) is 3.89. The third kappa shape index (κ3) is 2.97. The maximum absolute atomic E-state index is 5.94. The van der Waals surface area contributed by atoms with Crippen LogP contribution in [0.3, 0.4) is 0 Å². The van der Waals surface area contributed by atoms with Crippen LogP contribution in [-0.4, -0.2) is 13.2 Å². The second-order valence-corrected chi connectivity index (χ2v) is 4.93. The molecule has 0 bridgehead atoms.